The van der Waals surface area contributed by atoms with Gasteiger partial charge in [0.25, 0.3) is 5.91 Å². The minimum absolute atomic E-state index is 0.0264. The summed E-state index contributed by atoms with van der Waals surface area (Å²) in [7, 11) is 3.12. The van der Waals surface area contributed by atoms with Crippen LogP contribution in [0.3, 0.4) is 0 Å². The number of benzene rings is 2. The van der Waals surface area contributed by atoms with Crippen molar-refractivity contribution in [3.8, 4) is 5.69 Å². The molecule has 3 heterocycles. The van der Waals surface area contributed by atoms with Crippen LogP contribution in [0, 0.1) is 5.82 Å². The molecule has 0 spiro atoms. The first kappa shape index (κ1) is 28.4. The number of carbonyl (C=O) groups excluding carboxylic acids is 3. The van der Waals surface area contributed by atoms with E-state index in [1.165, 1.54) is 46.1 Å². The summed E-state index contributed by atoms with van der Waals surface area (Å²) in [5, 5.41) is 10.9. The topological polar surface area (TPSA) is 114 Å². The van der Waals surface area contributed by atoms with Gasteiger partial charge in [-0.1, -0.05) is 23.7 Å². The molecule has 0 radical (unpaired) electrons. The van der Waals surface area contributed by atoms with Crippen LogP contribution in [0.2, 0.25) is 5.02 Å². The maximum atomic E-state index is 15.1. The van der Waals surface area contributed by atoms with Gasteiger partial charge < -0.3 is 19.4 Å². The summed E-state index contributed by atoms with van der Waals surface area (Å²) in [6.45, 7) is 1.36. The molecule has 1 aromatic heterocycles. The number of anilines is 1. The van der Waals surface area contributed by atoms with Gasteiger partial charge in [-0.25, -0.2) is 4.39 Å². The number of hydrogen-bond donors (Lipinski definition) is 0. The summed E-state index contributed by atoms with van der Waals surface area (Å²) in [5.74, 6) is -1.61. The zero-order valence-corrected chi connectivity index (χ0v) is 23.4. The fourth-order valence-corrected chi connectivity index (χ4v) is 5.53. The van der Waals surface area contributed by atoms with Crippen LogP contribution in [-0.4, -0.2) is 88.1 Å². The lowest BCUT2D eigenvalue weighted by Gasteiger charge is -2.39. The minimum Gasteiger partial charge on any atom is -0.375 e. The van der Waals surface area contributed by atoms with Gasteiger partial charge >= 0.3 is 0 Å². The standard InChI is InChI=1S/C28H29ClFN7O4/c1-34(25(39)16-41-2)22-7-5-6-19-18(22)12-15-36(27(19)28(40)35-13-3-4-14-35)24(38)11-8-20-23(37-17-31-32-33-37)10-9-21(29)26(20)30/h5-11,17,27H,3-4,12-16H2,1-2H3/b11-8+. The lowest BCUT2D eigenvalue weighted by Crippen LogP contribution is -2.48. The van der Waals surface area contributed by atoms with E-state index in [0.717, 1.165) is 18.4 Å². The van der Waals surface area contributed by atoms with Gasteiger partial charge in [-0.15, -0.1) is 5.10 Å². The van der Waals surface area contributed by atoms with E-state index < -0.39 is 17.8 Å². The Kier molecular flexibility index (Phi) is 8.41. The molecule has 0 saturated carbocycles. The fourth-order valence-electron chi connectivity index (χ4n) is 5.37. The maximum absolute atomic E-state index is 15.1. The van der Waals surface area contributed by atoms with Crippen LogP contribution in [0.25, 0.3) is 11.8 Å². The van der Waals surface area contributed by atoms with E-state index in [1.54, 1.807) is 24.1 Å². The summed E-state index contributed by atoms with van der Waals surface area (Å²) in [5.41, 5.74) is 2.47. The van der Waals surface area contributed by atoms with Crippen LogP contribution in [0.5, 0.6) is 0 Å². The smallest absolute Gasteiger partial charge is 0.252 e. The molecule has 11 nitrogen and oxygen atoms in total. The van der Waals surface area contributed by atoms with E-state index in [2.05, 4.69) is 15.5 Å². The molecule has 3 amide bonds. The summed E-state index contributed by atoms with van der Waals surface area (Å²) in [6.07, 6.45) is 6.06. The normalized spacial score (nSPS) is 16.7. The van der Waals surface area contributed by atoms with Gasteiger partial charge in [0.1, 0.15) is 19.0 Å². The third kappa shape index (κ3) is 5.57. The number of nitrogens with zero attached hydrogens (tertiary/aromatic N) is 7. The first-order chi connectivity index (χ1) is 19.8. The maximum Gasteiger partial charge on any atom is 0.252 e. The van der Waals surface area contributed by atoms with Crippen molar-refractivity contribution in [2.45, 2.75) is 25.3 Å². The van der Waals surface area contributed by atoms with Crippen LogP contribution < -0.4 is 4.90 Å². The summed E-state index contributed by atoms with van der Waals surface area (Å²) < 4.78 is 21.4. The minimum atomic E-state index is -0.900. The van der Waals surface area contributed by atoms with Gasteiger partial charge in [-0.2, -0.15) is 4.68 Å². The molecule has 1 fully saturated rings. The van der Waals surface area contributed by atoms with Gasteiger partial charge in [0.2, 0.25) is 11.8 Å². The van der Waals surface area contributed by atoms with Crippen LogP contribution in [-0.2, 0) is 25.5 Å². The Balaban J connectivity index is 1.52. The first-order valence-electron chi connectivity index (χ1n) is 13.2. The van der Waals surface area contributed by atoms with E-state index in [9.17, 15) is 14.4 Å². The lowest BCUT2D eigenvalue weighted by molar-refractivity contribution is -0.143. The molecule has 5 rings (SSSR count). The van der Waals surface area contributed by atoms with Crippen molar-refractivity contribution in [2.24, 2.45) is 0 Å². The SMILES string of the molecule is COCC(=O)N(C)c1cccc2c1CCN(C(=O)/C=C/c1c(-n3cnnn3)ccc(Cl)c1F)C2C(=O)N1CCCC1. The predicted molar refractivity (Wildman–Crippen MR) is 149 cm³/mol. The highest BCUT2D eigenvalue weighted by atomic mass is 35.5. The van der Waals surface area contributed by atoms with Crippen molar-refractivity contribution >= 4 is 41.1 Å². The predicted octanol–water partition coefficient (Wildman–Crippen LogP) is 2.83. The Bertz CT molecular complexity index is 1490. The number of ether oxygens (including phenoxy) is 1. The van der Waals surface area contributed by atoms with E-state index >= 15 is 4.39 Å². The molecule has 0 aliphatic carbocycles. The molecule has 1 saturated heterocycles. The molecular weight excluding hydrogens is 553 g/mol. The highest BCUT2D eigenvalue weighted by Gasteiger charge is 2.39. The molecule has 2 aliphatic heterocycles. The average Bonchev–Trinajstić information content (AvgIpc) is 3.71. The summed E-state index contributed by atoms with van der Waals surface area (Å²) in [6, 6.07) is 7.45. The number of halogens is 2. The van der Waals surface area contributed by atoms with Crippen molar-refractivity contribution in [1.82, 2.24) is 30.0 Å². The Morgan fingerprint density at radius 1 is 1.17 bits per heavy atom. The fraction of sp³-hybridized carbons (Fsp3) is 0.357. The Morgan fingerprint density at radius 3 is 2.66 bits per heavy atom. The van der Waals surface area contributed by atoms with Crippen molar-refractivity contribution in [1.29, 1.82) is 0 Å². The molecule has 0 bridgehead atoms. The third-order valence-electron chi connectivity index (χ3n) is 7.43. The Morgan fingerprint density at radius 2 is 1.95 bits per heavy atom. The van der Waals surface area contributed by atoms with Crippen LogP contribution in [0.1, 0.15) is 35.6 Å². The molecule has 214 valence electrons. The van der Waals surface area contributed by atoms with E-state index in [4.69, 9.17) is 16.3 Å². The highest BCUT2D eigenvalue weighted by Crippen LogP contribution is 2.37. The van der Waals surface area contributed by atoms with Crippen LogP contribution >= 0.6 is 11.6 Å². The number of tetrazole rings is 1. The number of amides is 3. The van der Waals surface area contributed by atoms with Gasteiger partial charge in [0.05, 0.1) is 10.7 Å². The molecule has 1 atom stereocenters. The van der Waals surface area contributed by atoms with Crippen LogP contribution in [0.15, 0.2) is 42.7 Å². The number of likely N-dealkylation sites (N-methyl/N-ethyl adjacent to an activating group) is 1. The van der Waals surface area contributed by atoms with E-state index in [1.807, 2.05) is 12.1 Å². The second kappa shape index (κ2) is 12.1. The van der Waals surface area contributed by atoms with Crippen molar-refractivity contribution in [3.63, 3.8) is 0 Å². The molecule has 41 heavy (non-hydrogen) atoms. The van der Waals surface area contributed by atoms with Gasteiger partial charge in [0, 0.05) is 51.1 Å². The molecule has 2 aliphatic rings. The Hall–Kier alpha value is -4.16. The molecule has 1 unspecified atom stereocenters. The second-order valence-corrected chi connectivity index (χ2v) is 10.2. The summed E-state index contributed by atoms with van der Waals surface area (Å²) >= 11 is 6.04. The summed E-state index contributed by atoms with van der Waals surface area (Å²) in [4.78, 5) is 45.0. The monoisotopic (exact) mass is 581 g/mol. The zero-order chi connectivity index (χ0) is 29.1. The molecule has 2 aromatic carbocycles. The third-order valence-corrected chi connectivity index (χ3v) is 7.72. The van der Waals surface area contributed by atoms with E-state index in [0.29, 0.717) is 36.4 Å². The largest absolute Gasteiger partial charge is 0.375 e. The van der Waals surface area contributed by atoms with Crippen molar-refractivity contribution < 1.29 is 23.5 Å². The van der Waals surface area contributed by atoms with Crippen molar-refractivity contribution in [2.75, 3.05) is 45.3 Å². The molecule has 0 N–H and O–H groups in total. The second-order valence-electron chi connectivity index (χ2n) is 9.83. The van der Waals surface area contributed by atoms with Crippen LogP contribution in [0.4, 0.5) is 10.1 Å². The molecule has 13 heteroatoms. The number of rotatable bonds is 7. The van der Waals surface area contributed by atoms with Gasteiger partial charge in [0.15, 0.2) is 5.82 Å². The highest BCUT2D eigenvalue weighted by molar-refractivity contribution is 6.31. The number of fused-ring (bicyclic) bond motifs is 1. The first-order valence-corrected chi connectivity index (χ1v) is 13.6. The molecule has 3 aromatic rings. The van der Waals surface area contributed by atoms with E-state index in [-0.39, 0.29) is 35.6 Å². The lowest BCUT2D eigenvalue weighted by atomic mass is 9.89. The number of likely N-dealkylation sites (tertiary alicyclic amines) is 1. The quantitative estimate of drug-likeness (QED) is 0.394. The number of carbonyl (C=O) groups is 3. The number of hydrogen-bond acceptors (Lipinski definition) is 7. The van der Waals surface area contributed by atoms with Gasteiger partial charge in [-0.3, -0.25) is 14.4 Å². The molecular formula is C28H29ClFN7O4. The number of aromatic nitrogens is 4. The Labute approximate surface area is 241 Å². The number of methoxy groups -OCH3 is 1. The zero-order valence-electron chi connectivity index (χ0n) is 22.7. The van der Waals surface area contributed by atoms with Gasteiger partial charge in [-0.05, 0) is 65.1 Å². The van der Waals surface area contributed by atoms with Crippen molar-refractivity contribution in [3.05, 3.63) is 70.3 Å². The average molecular weight is 582 g/mol.